The Morgan fingerprint density at radius 1 is 1.53 bits per heavy atom. The maximum atomic E-state index is 12.3. The topological polar surface area (TPSA) is 67.6 Å². The van der Waals surface area contributed by atoms with Crippen molar-refractivity contribution < 1.29 is 14.6 Å². The Kier molecular flexibility index (Phi) is 5.50. The summed E-state index contributed by atoms with van der Waals surface area (Å²) >= 11 is 0. The molecule has 0 aliphatic heterocycles. The van der Waals surface area contributed by atoms with Crippen LogP contribution < -0.4 is 4.74 Å². The lowest BCUT2D eigenvalue weighted by Gasteiger charge is -2.16. The van der Waals surface area contributed by atoms with Crippen molar-refractivity contribution in [3.8, 4) is 5.75 Å². The van der Waals surface area contributed by atoms with Crippen LogP contribution in [0.3, 0.4) is 0 Å². The minimum Gasteiger partial charge on any atom is -0.493 e. The van der Waals surface area contributed by atoms with Crippen LogP contribution in [0.1, 0.15) is 24.3 Å². The van der Waals surface area contributed by atoms with E-state index in [1.165, 1.54) is 13.3 Å². The molecular formula is C13H23N3O3. The number of hydrogen-bond donors (Lipinski definition) is 1. The van der Waals surface area contributed by atoms with Gasteiger partial charge in [-0.25, -0.2) is 0 Å². The summed E-state index contributed by atoms with van der Waals surface area (Å²) < 4.78 is 6.75. The third-order valence-electron chi connectivity index (χ3n) is 2.92. The molecule has 0 fully saturated rings. The SMILES string of the molecule is COc1cnn(CCN(C)C)c1C(=O)C(O)C(C)C. The zero-order valence-corrected chi connectivity index (χ0v) is 12.3. The van der Waals surface area contributed by atoms with Crippen molar-refractivity contribution in [3.05, 3.63) is 11.9 Å². The number of ether oxygens (including phenoxy) is 1. The van der Waals surface area contributed by atoms with Crippen LogP contribution in [0.15, 0.2) is 6.20 Å². The maximum absolute atomic E-state index is 12.3. The van der Waals surface area contributed by atoms with Gasteiger partial charge in [-0.1, -0.05) is 13.8 Å². The van der Waals surface area contributed by atoms with Gasteiger partial charge in [0.15, 0.2) is 5.75 Å². The second kappa shape index (κ2) is 6.68. The number of likely N-dealkylation sites (N-methyl/N-ethyl adjacent to an activating group) is 1. The third kappa shape index (κ3) is 3.78. The molecule has 1 N–H and O–H groups in total. The molecule has 0 saturated heterocycles. The van der Waals surface area contributed by atoms with E-state index in [4.69, 9.17) is 4.74 Å². The highest BCUT2D eigenvalue weighted by molar-refractivity contribution is 6.00. The highest BCUT2D eigenvalue weighted by Crippen LogP contribution is 2.21. The number of aliphatic hydroxyl groups excluding tert-OH is 1. The quantitative estimate of drug-likeness (QED) is 0.736. The van der Waals surface area contributed by atoms with Crippen molar-refractivity contribution >= 4 is 5.78 Å². The average Bonchev–Trinajstić information content (AvgIpc) is 2.77. The Labute approximate surface area is 114 Å². The van der Waals surface area contributed by atoms with Gasteiger partial charge in [0.2, 0.25) is 5.78 Å². The number of ketones is 1. The average molecular weight is 269 g/mol. The van der Waals surface area contributed by atoms with E-state index >= 15 is 0 Å². The second-order valence-corrected chi connectivity index (χ2v) is 5.14. The number of carbonyl (C=O) groups is 1. The normalized spacial score (nSPS) is 13.1. The van der Waals surface area contributed by atoms with Crippen molar-refractivity contribution in [1.82, 2.24) is 14.7 Å². The molecule has 1 atom stereocenters. The summed E-state index contributed by atoms with van der Waals surface area (Å²) in [7, 11) is 5.39. The van der Waals surface area contributed by atoms with Crippen molar-refractivity contribution in [1.29, 1.82) is 0 Å². The second-order valence-electron chi connectivity index (χ2n) is 5.14. The number of Topliss-reactive ketones (excluding diaryl/α,β-unsaturated/α-hetero) is 1. The molecule has 1 aromatic rings. The first-order chi connectivity index (χ1) is 8.88. The van der Waals surface area contributed by atoms with E-state index in [0.717, 1.165) is 6.54 Å². The molecule has 0 aliphatic carbocycles. The van der Waals surface area contributed by atoms with Crippen LogP contribution >= 0.6 is 0 Å². The van der Waals surface area contributed by atoms with Gasteiger partial charge < -0.3 is 14.7 Å². The van der Waals surface area contributed by atoms with E-state index in [2.05, 4.69) is 5.10 Å². The number of methoxy groups -OCH3 is 1. The van der Waals surface area contributed by atoms with Gasteiger partial charge in [-0.05, 0) is 20.0 Å². The van der Waals surface area contributed by atoms with Crippen molar-refractivity contribution in [2.45, 2.75) is 26.5 Å². The summed E-state index contributed by atoms with van der Waals surface area (Å²) in [4.78, 5) is 14.3. The molecule has 0 radical (unpaired) electrons. The fraction of sp³-hybridized carbons (Fsp3) is 0.692. The number of aliphatic hydroxyl groups is 1. The van der Waals surface area contributed by atoms with Crippen molar-refractivity contribution in [3.63, 3.8) is 0 Å². The highest BCUT2D eigenvalue weighted by Gasteiger charge is 2.27. The van der Waals surface area contributed by atoms with Crippen molar-refractivity contribution in [2.24, 2.45) is 5.92 Å². The molecule has 0 bridgehead atoms. The summed E-state index contributed by atoms with van der Waals surface area (Å²) in [6.07, 6.45) is 0.472. The molecule has 0 saturated carbocycles. The molecule has 6 heteroatoms. The van der Waals surface area contributed by atoms with Crippen LogP contribution in [0.5, 0.6) is 5.75 Å². The molecule has 0 aliphatic rings. The predicted molar refractivity (Wildman–Crippen MR) is 72.5 cm³/mol. The Morgan fingerprint density at radius 3 is 2.63 bits per heavy atom. The largest absolute Gasteiger partial charge is 0.493 e. The van der Waals surface area contributed by atoms with E-state index in [1.807, 2.05) is 19.0 Å². The Morgan fingerprint density at radius 2 is 2.16 bits per heavy atom. The molecule has 1 heterocycles. The number of rotatable bonds is 7. The molecule has 0 amide bonds. The van der Waals surface area contributed by atoms with Gasteiger partial charge >= 0.3 is 0 Å². The zero-order chi connectivity index (χ0) is 14.6. The fourth-order valence-corrected chi connectivity index (χ4v) is 1.67. The first-order valence-electron chi connectivity index (χ1n) is 6.35. The highest BCUT2D eigenvalue weighted by atomic mass is 16.5. The molecule has 108 valence electrons. The van der Waals surface area contributed by atoms with Gasteiger partial charge in [0.1, 0.15) is 11.8 Å². The Hall–Kier alpha value is -1.40. The molecule has 19 heavy (non-hydrogen) atoms. The van der Waals surface area contributed by atoms with E-state index in [0.29, 0.717) is 18.0 Å². The number of carbonyl (C=O) groups excluding carboxylic acids is 1. The van der Waals surface area contributed by atoms with Crippen LogP contribution in [-0.4, -0.2) is 59.4 Å². The van der Waals surface area contributed by atoms with Gasteiger partial charge in [-0.2, -0.15) is 5.10 Å². The number of aromatic nitrogens is 2. The van der Waals surface area contributed by atoms with Crippen LogP contribution in [0, 0.1) is 5.92 Å². The first kappa shape index (κ1) is 15.7. The molecule has 6 nitrogen and oxygen atoms in total. The van der Waals surface area contributed by atoms with Crippen LogP contribution in [0.2, 0.25) is 0 Å². The summed E-state index contributed by atoms with van der Waals surface area (Å²) in [6.45, 7) is 4.93. The van der Waals surface area contributed by atoms with Gasteiger partial charge in [0.25, 0.3) is 0 Å². The summed E-state index contributed by atoms with van der Waals surface area (Å²) in [5.74, 6) is -0.0824. The summed E-state index contributed by atoms with van der Waals surface area (Å²) in [6, 6.07) is 0. The van der Waals surface area contributed by atoms with E-state index in [-0.39, 0.29) is 11.7 Å². The van der Waals surface area contributed by atoms with Gasteiger partial charge in [0.05, 0.1) is 19.9 Å². The van der Waals surface area contributed by atoms with E-state index in [9.17, 15) is 9.90 Å². The van der Waals surface area contributed by atoms with Crippen molar-refractivity contribution in [2.75, 3.05) is 27.7 Å². The minimum absolute atomic E-state index is 0.144. The summed E-state index contributed by atoms with van der Waals surface area (Å²) in [5, 5.41) is 14.1. The molecule has 0 spiro atoms. The molecule has 1 unspecified atom stereocenters. The minimum atomic E-state index is -1.04. The Bertz CT molecular complexity index is 427. The number of nitrogens with zero attached hydrogens (tertiary/aromatic N) is 3. The van der Waals surface area contributed by atoms with Gasteiger partial charge in [-0.3, -0.25) is 9.48 Å². The number of hydrogen-bond acceptors (Lipinski definition) is 5. The lowest BCUT2D eigenvalue weighted by atomic mass is 10.0. The monoisotopic (exact) mass is 269 g/mol. The smallest absolute Gasteiger partial charge is 0.213 e. The lowest BCUT2D eigenvalue weighted by Crippen LogP contribution is -2.30. The Balaban J connectivity index is 3.02. The standard InChI is InChI=1S/C13H23N3O3/c1-9(2)12(17)13(18)11-10(19-5)8-14-16(11)7-6-15(3)4/h8-9,12,17H,6-7H2,1-5H3. The first-order valence-corrected chi connectivity index (χ1v) is 6.35. The maximum Gasteiger partial charge on any atom is 0.213 e. The predicted octanol–water partition coefficient (Wildman–Crippen LogP) is 0.653. The molecule has 1 aromatic heterocycles. The molecular weight excluding hydrogens is 246 g/mol. The van der Waals surface area contributed by atoms with Crippen LogP contribution in [0.25, 0.3) is 0 Å². The van der Waals surface area contributed by atoms with E-state index < -0.39 is 6.10 Å². The summed E-state index contributed by atoms with van der Waals surface area (Å²) in [5.41, 5.74) is 0.338. The van der Waals surface area contributed by atoms with Crippen LogP contribution in [0.4, 0.5) is 0 Å². The molecule has 1 rings (SSSR count). The lowest BCUT2D eigenvalue weighted by molar-refractivity contribution is 0.0632. The van der Waals surface area contributed by atoms with Crippen LogP contribution in [-0.2, 0) is 6.54 Å². The van der Waals surface area contributed by atoms with E-state index in [1.54, 1.807) is 18.5 Å². The zero-order valence-electron chi connectivity index (χ0n) is 12.3. The van der Waals surface area contributed by atoms with Gasteiger partial charge in [0, 0.05) is 6.54 Å². The fourth-order valence-electron chi connectivity index (χ4n) is 1.67. The molecule has 0 aromatic carbocycles. The third-order valence-corrected chi connectivity index (χ3v) is 2.92. The van der Waals surface area contributed by atoms with Gasteiger partial charge in [-0.15, -0.1) is 0 Å².